The third kappa shape index (κ3) is 5.03. The highest BCUT2D eigenvalue weighted by molar-refractivity contribution is 5.83. The average molecular weight is 471 g/mol. The molecule has 4 aromatic rings. The van der Waals surface area contributed by atoms with Gasteiger partial charge in [-0.3, -0.25) is 4.90 Å². The Bertz CT molecular complexity index is 1220. The van der Waals surface area contributed by atoms with Gasteiger partial charge in [-0.1, -0.05) is 36.4 Å². The van der Waals surface area contributed by atoms with Crippen LogP contribution in [0.25, 0.3) is 10.9 Å². The minimum Gasteiger partial charge on any atom is -0.378 e. The Labute approximate surface area is 206 Å². The van der Waals surface area contributed by atoms with Crippen molar-refractivity contribution in [3.05, 3.63) is 84.1 Å². The minimum absolute atomic E-state index is 0.364. The molecule has 0 radical (unpaired) electrons. The molecule has 2 aromatic carbocycles. The molecule has 2 saturated heterocycles. The van der Waals surface area contributed by atoms with E-state index >= 15 is 0 Å². The van der Waals surface area contributed by atoms with Crippen LogP contribution in [0.4, 0.5) is 0 Å². The van der Waals surface area contributed by atoms with Crippen LogP contribution in [0.15, 0.2) is 67.4 Å². The lowest BCUT2D eigenvalue weighted by atomic mass is 9.93. The lowest BCUT2D eigenvalue weighted by Gasteiger charge is -2.38. The van der Waals surface area contributed by atoms with Crippen molar-refractivity contribution in [1.82, 2.24) is 30.0 Å². The summed E-state index contributed by atoms with van der Waals surface area (Å²) >= 11 is 0. The number of nitrogens with one attached hydrogen (secondary N) is 2. The fourth-order valence-corrected chi connectivity index (χ4v) is 5.86. The van der Waals surface area contributed by atoms with Gasteiger partial charge in [0.25, 0.3) is 0 Å². The van der Waals surface area contributed by atoms with E-state index in [0.717, 1.165) is 52.2 Å². The van der Waals surface area contributed by atoms with Crippen LogP contribution in [-0.4, -0.2) is 63.5 Å². The molecular weight excluding hydrogens is 436 g/mol. The Morgan fingerprint density at radius 1 is 1.11 bits per heavy atom. The Kier molecular flexibility index (Phi) is 6.62. The highest BCUT2D eigenvalue weighted by atomic mass is 16.5. The molecule has 0 bridgehead atoms. The Hall–Kier alpha value is -3.00. The van der Waals surface area contributed by atoms with Gasteiger partial charge in [-0.25, -0.2) is 9.67 Å². The number of aromatic amines is 1. The first-order valence-corrected chi connectivity index (χ1v) is 12.8. The van der Waals surface area contributed by atoms with E-state index in [4.69, 9.17) is 4.74 Å². The van der Waals surface area contributed by atoms with Gasteiger partial charge < -0.3 is 15.0 Å². The number of rotatable bonds is 8. The summed E-state index contributed by atoms with van der Waals surface area (Å²) in [6, 6.07) is 18.4. The summed E-state index contributed by atoms with van der Waals surface area (Å²) < 4.78 is 7.74. The fraction of sp³-hybridized carbons (Fsp3) is 0.429. The van der Waals surface area contributed by atoms with Crippen molar-refractivity contribution in [3.8, 4) is 0 Å². The van der Waals surface area contributed by atoms with E-state index in [-0.39, 0.29) is 0 Å². The summed E-state index contributed by atoms with van der Waals surface area (Å²) in [5.74, 6) is 0.674. The van der Waals surface area contributed by atoms with Gasteiger partial charge in [0.2, 0.25) is 0 Å². The number of hydrogen-bond donors (Lipinski definition) is 2. The van der Waals surface area contributed by atoms with E-state index in [1.54, 1.807) is 12.7 Å². The topological polar surface area (TPSA) is 71.0 Å². The molecule has 2 fully saturated rings. The van der Waals surface area contributed by atoms with Crippen molar-refractivity contribution in [1.29, 1.82) is 0 Å². The Morgan fingerprint density at radius 3 is 2.94 bits per heavy atom. The van der Waals surface area contributed by atoms with E-state index < -0.39 is 0 Å². The molecule has 2 aliphatic heterocycles. The molecular formula is C28H34N6O. The van der Waals surface area contributed by atoms with Crippen LogP contribution in [0.5, 0.6) is 0 Å². The van der Waals surface area contributed by atoms with Crippen LogP contribution in [0.3, 0.4) is 0 Å². The van der Waals surface area contributed by atoms with Crippen LogP contribution >= 0.6 is 0 Å². The maximum atomic E-state index is 5.87. The Morgan fingerprint density at radius 2 is 2.06 bits per heavy atom. The van der Waals surface area contributed by atoms with Crippen LogP contribution < -0.4 is 5.32 Å². The number of ether oxygens (including phenoxy) is 1. The van der Waals surface area contributed by atoms with Crippen LogP contribution in [0, 0.1) is 5.92 Å². The number of fused-ring (bicyclic) bond motifs is 1. The van der Waals surface area contributed by atoms with E-state index in [1.807, 2.05) is 4.68 Å². The predicted octanol–water partition coefficient (Wildman–Crippen LogP) is 3.79. The van der Waals surface area contributed by atoms with Gasteiger partial charge >= 0.3 is 0 Å². The molecule has 35 heavy (non-hydrogen) atoms. The van der Waals surface area contributed by atoms with Gasteiger partial charge in [-0.15, -0.1) is 0 Å². The SMILES string of the molecule is c1ccc(C2COCCN2C[C@H]2CCNC2CCc2c[nH]c3ccc(Cn4cncn4)cc23)cc1. The quantitative estimate of drug-likeness (QED) is 0.410. The lowest BCUT2D eigenvalue weighted by Crippen LogP contribution is -2.44. The summed E-state index contributed by atoms with van der Waals surface area (Å²) in [5.41, 5.74) is 5.23. The van der Waals surface area contributed by atoms with Gasteiger partial charge in [0.15, 0.2) is 0 Å². The molecule has 2 N–H and O–H groups in total. The van der Waals surface area contributed by atoms with Crippen molar-refractivity contribution < 1.29 is 4.74 Å². The highest BCUT2D eigenvalue weighted by Crippen LogP contribution is 2.30. The van der Waals surface area contributed by atoms with Crippen molar-refractivity contribution in [2.24, 2.45) is 5.92 Å². The van der Waals surface area contributed by atoms with Crippen LogP contribution in [-0.2, 0) is 17.7 Å². The molecule has 6 rings (SSSR count). The van der Waals surface area contributed by atoms with Crippen molar-refractivity contribution in [2.75, 3.05) is 32.8 Å². The van der Waals surface area contributed by atoms with Gasteiger partial charge in [-0.2, -0.15) is 5.10 Å². The smallest absolute Gasteiger partial charge is 0.137 e. The van der Waals surface area contributed by atoms with Crippen LogP contribution in [0.2, 0.25) is 0 Å². The number of H-pyrrole nitrogens is 1. The van der Waals surface area contributed by atoms with Gasteiger partial charge in [0.1, 0.15) is 12.7 Å². The summed E-state index contributed by atoms with van der Waals surface area (Å²) in [6.07, 6.45) is 9.04. The van der Waals surface area contributed by atoms with Crippen molar-refractivity contribution >= 4 is 10.9 Å². The van der Waals surface area contributed by atoms with E-state index in [9.17, 15) is 0 Å². The van der Waals surface area contributed by atoms with E-state index in [0.29, 0.717) is 18.0 Å². The third-order valence-electron chi connectivity index (χ3n) is 7.75. The van der Waals surface area contributed by atoms with E-state index in [2.05, 4.69) is 80.0 Å². The summed E-state index contributed by atoms with van der Waals surface area (Å²) in [4.78, 5) is 10.2. The number of aryl methyl sites for hydroxylation is 1. The zero-order chi connectivity index (χ0) is 23.5. The van der Waals surface area contributed by atoms with Crippen molar-refractivity contribution in [3.63, 3.8) is 0 Å². The second-order valence-electron chi connectivity index (χ2n) is 9.93. The largest absolute Gasteiger partial charge is 0.378 e. The fourth-order valence-electron chi connectivity index (χ4n) is 5.86. The second kappa shape index (κ2) is 10.3. The highest BCUT2D eigenvalue weighted by Gasteiger charge is 2.32. The molecule has 7 nitrogen and oxygen atoms in total. The summed E-state index contributed by atoms with van der Waals surface area (Å²) in [6.45, 7) is 5.64. The normalized spacial score (nSPS) is 23.3. The molecule has 4 heterocycles. The molecule has 3 atom stereocenters. The Balaban J connectivity index is 1.12. The number of hydrogen-bond acceptors (Lipinski definition) is 5. The monoisotopic (exact) mass is 470 g/mol. The maximum Gasteiger partial charge on any atom is 0.137 e. The second-order valence-corrected chi connectivity index (χ2v) is 9.93. The van der Waals surface area contributed by atoms with Crippen molar-refractivity contribution in [2.45, 2.75) is 37.9 Å². The average Bonchev–Trinajstić information content (AvgIpc) is 3.66. The molecule has 182 valence electrons. The molecule has 2 aliphatic rings. The van der Waals surface area contributed by atoms with Gasteiger partial charge in [0, 0.05) is 36.2 Å². The predicted molar refractivity (Wildman–Crippen MR) is 137 cm³/mol. The first-order valence-electron chi connectivity index (χ1n) is 12.8. The summed E-state index contributed by atoms with van der Waals surface area (Å²) in [7, 11) is 0. The molecule has 0 amide bonds. The maximum absolute atomic E-state index is 5.87. The number of nitrogens with zero attached hydrogens (tertiary/aromatic N) is 4. The molecule has 7 heteroatoms. The van der Waals surface area contributed by atoms with Gasteiger partial charge in [-0.05, 0) is 60.5 Å². The number of benzene rings is 2. The molecule has 2 aromatic heterocycles. The van der Waals surface area contributed by atoms with E-state index in [1.165, 1.54) is 34.0 Å². The van der Waals surface area contributed by atoms with Gasteiger partial charge in [0.05, 0.1) is 25.8 Å². The number of aromatic nitrogens is 4. The number of morpholine rings is 1. The third-order valence-corrected chi connectivity index (χ3v) is 7.75. The first-order chi connectivity index (χ1) is 17.3. The summed E-state index contributed by atoms with van der Waals surface area (Å²) in [5, 5.41) is 9.39. The molecule has 0 saturated carbocycles. The molecule has 2 unspecified atom stereocenters. The minimum atomic E-state index is 0.364. The van der Waals surface area contributed by atoms with Crippen LogP contribution in [0.1, 0.15) is 35.6 Å². The zero-order valence-corrected chi connectivity index (χ0v) is 20.1. The molecule has 0 aliphatic carbocycles. The molecule has 0 spiro atoms. The standard InChI is InChI=1S/C28H34N6O/c1-2-4-22(5-3-1)28-18-35-13-12-33(28)17-24-10-11-30-26(24)9-7-23-15-31-27-8-6-21(14-25(23)27)16-34-20-29-19-32-34/h1-6,8,14-15,19-20,24,26,28,30-31H,7,9-13,16-18H2/t24-,26?,28?/m1/s1. The lowest BCUT2D eigenvalue weighted by molar-refractivity contribution is -0.0163. The zero-order valence-electron chi connectivity index (χ0n) is 20.1. The first kappa shape index (κ1) is 22.5.